The van der Waals surface area contributed by atoms with Crippen molar-refractivity contribution in [1.82, 2.24) is 9.47 Å². The fourth-order valence-corrected chi connectivity index (χ4v) is 2.70. The lowest BCUT2D eigenvalue weighted by Crippen LogP contribution is -2.34. The van der Waals surface area contributed by atoms with Crippen molar-refractivity contribution in [1.29, 1.82) is 0 Å². The van der Waals surface area contributed by atoms with E-state index in [0.29, 0.717) is 19.5 Å². The predicted molar refractivity (Wildman–Crippen MR) is 99.7 cm³/mol. The van der Waals surface area contributed by atoms with Crippen molar-refractivity contribution in [2.45, 2.75) is 40.3 Å². The fraction of sp³-hybridized carbons (Fsp3) is 0.381. The van der Waals surface area contributed by atoms with Crippen LogP contribution in [-0.2, 0) is 17.9 Å². The molecule has 2 rings (SSSR count). The van der Waals surface area contributed by atoms with E-state index in [9.17, 15) is 4.79 Å². The Morgan fingerprint density at radius 3 is 2.50 bits per heavy atom. The molecule has 0 fully saturated rings. The molecular weight excluding hydrogens is 296 g/mol. The van der Waals surface area contributed by atoms with E-state index in [2.05, 4.69) is 68.4 Å². The molecule has 3 nitrogen and oxygen atoms in total. The Balaban J connectivity index is 2.11. The lowest BCUT2D eigenvalue weighted by molar-refractivity contribution is -0.133. The summed E-state index contributed by atoms with van der Waals surface area (Å²) in [6.45, 7) is 12.1. The Morgan fingerprint density at radius 1 is 1.17 bits per heavy atom. The van der Waals surface area contributed by atoms with Crippen LogP contribution in [0, 0.1) is 5.41 Å². The van der Waals surface area contributed by atoms with Gasteiger partial charge in [-0.05, 0) is 23.1 Å². The van der Waals surface area contributed by atoms with Crippen molar-refractivity contribution < 1.29 is 4.79 Å². The van der Waals surface area contributed by atoms with Gasteiger partial charge in [0.05, 0.1) is 6.54 Å². The van der Waals surface area contributed by atoms with Crippen LogP contribution in [-0.4, -0.2) is 21.9 Å². The van der Waals surface area contributed by atoms with Gasteiger partial charge in [0.1, 0.15) is 0 Å². The monoisotopic (exact) mass is 324 g/mol. The van der Waals surface area contributed by atoms with Gasteiger partial charge in [-0.2, -0.15) is 0 Å². The normalized spacial score (nSPS) is 11.3. The summed E-state index contributed by atoms with van der Waals surface area (Å²) in [4.78, 5) is 14.5. The molecule has 0 saturated heterocycles. The first kappa shape index (κ1) is 18.1. The van der Waals surface area contributed by atoms with Crippen LogP contribution in [0.15, 0.2) is 61.3 Å². The largest absolute Gasteiger partial charge is 0.345 e. The summed E-state index contributed by atoms with van der Waals surface area (Å²) in [6, 6.07) is 14.5. The van der Waals surface area contributed by atoms with Crippen LogP contribution >= 0.6 is 0 Å². The molecule has 1 aromatic carbocycles. The molecule has 0 radical (unpaired) electrons. The minimum atomic E-state index is -0.0114. The van der Waals surface area contributed by atoms with E-state index in [1.165, 1.54) is 5.56 Å². The highest BCUT2D eigenvalue weighted by atomic mass is 16.2. The van der Waals surface area contributed by atoms with Gasteiger partial charge in [0, 0.05) is 31.4 Å². The van der Waals surface area contributed by atoms with Crippen LogP contribution in [0.3, 0.4) is 0 Å². The molecule has 0 spiro atoms. The summed E-state index contributed by atoms with van der Waals surface area (Å²) >= 11 is 0. The van der Waals surface area contributed by atoms with Crippen molar-refractivity contribution in [2.24, 2.45) is 5.41 Å². The van der Waals surface area contributed by atoms with Gasteiger partial charge < -0.3 is 9.47 Å². The molecule has 1 amide bonds. The smallest absolute Gasteiger partial charge is 0.223 e. The molecule has 0 bridgehead atoms. The van der Waals surface area contributed by atoms with Crippen molar-refractivity contribution in [3.05, 3.63) is 72.6 Å². The SMILES string of the molecule is C=CCN(Cc1cccn1Cc1ccccc1)C(=O)CC(C)(C)C. The third kappa shape index (κ3) is 5.41. The Labute approximate surface area is 145 Å². The average molecular weight is 324 g/mol. The summed E-state index contributed by atoms with van der Waals surface area (Å²) < 4.78 is 2.20. The Bertz CT molecular complexity index is 665. The van der Waals surface area contributed by atoms with E-state index in [-0.39, 0.29) is 11.3 Å². The van der Waals surface area contributed by atoms with Crippen molar-refractivity contribution in [3.63, 3.8) is 0 Å². The number of hydrogen-bond acceptors (Lipinski definition) is 1. The first-order valence-electron chi connectivity index (χ1n) is 8.45. The Morgan fingerprint density at radius 2 is 1.88 bits per heavy atom. The maximum absolute atomic E-state index is 12.6. The summed E-state index contributed by atoms with van der Waals surface area (Å²) in [6.07, 6.45) is 4.41. The molecule has 24 heavy (non-hydrogen) atoms. The molecule has 0 aliphatic heterocycles. The molecule has 0 saturated carbocycles. The number of amides is 1. The highest BCUT2D eigenvalue weighted by Crippen LogP contribution is 2.21. The van der Waals surface area contributed by atoms with E-state index < -0.39 is 0 Å². The molecule has 128 valence electrons. The molecule has 0 aliphatic rings. The zero-order valence-corrected chi connectivity index (χ0v) is 15.0. The number of benzene rings is 1. The third-order valence-corrected chi connectivity index (χ3v) is 3.86. The average Bonchev–Trinajstić information content (AvgIpc) is 2.93. The maximum atomic E-state index is 12.6. The minimum absolute atomic E-state index is 0.0114. The van der Waals surface area contributed by atoms with Gasteiger partial charge in [0.2, 0.25) is 5.91 Å². The number of nitrogens with zero attached hydrogens (tertiary/aromatic N) is 2. The van der Waals surface area contributed by atoms with Gasteiger partial charge in [-0.1, -0.05) is 57.2 Å². The first-order chi connectivity index (χ1) is 11.4. The van der Waals surface area contributed by atoms with Crippen molar-refractivity contribution in [3.8, 4) is 0 Å². The first-order valence-corrected chi connectivity index (χ1v) is 8.45. The quantitative estimate of drug-likeness (QED) is 0.689. The summed E-state index contributed by atoms with van der Waals surface area (Å²) in [5, 5.41) is 0. The number of rotatable bonds is 7. The molecule has 0 atom stereocenters. The van der Waals surface area contributed by atoms with Crippen LogP contribution < -0.4 is 0 Å². The van der Waals surface area contributed by atoms with Gasteiger partial charge in [0.15, 0.2) is 0 Å². The lowest BCUT2D eigenvalue weighted by atomic mass is 9.91. The van der Waals surface area contributed by atoms with Crippen molar-refractivity contribution in [2.75, 3.05) is 6.54 Å². The summed E-state index contributed by atoms with van der Waals surface area (Å²) in [5.41, 5.74) is 2.39. The minimum Gasteiger partial charge on any atom is -0.345 e. The van der Waals surface area contributed by atoms with Crippen LogP contribution in [0.4, 0.5) is 0 Å². The Hall–Kier alpha value is -2.29. The van der Waals surface area contributed by atoms with Gasteiger partial charge in [-0.15, -0.1) is 6.58 Å². The standard InChI is InChI=1S/C21H28N2O/c1-5-13-23(20(24)15-21(2,3)4)17-19-12-9-14-22(19)16-18-10-7-6-8-11-18/h5-12,14H,1,13,15-17H2,2-4H3. The highest BCUT2D eigenvalue weighted by Gasteiger charge is 2.21. The van der Waals surface area contributed by atoms with Gasteiger partial charge in [-0.3, -0.25) is 4.79 Å². The topological polar surface area (TPSA) is 25.2 Å². The van der Waals surface area contributed by atoms with Crippen LogP contribution in [0.25, 0.3) is 0 Å². The summed E-state index contributed by atoms with van der Waals surface area (Å²) in [7, 11) is 0. The molecular formula is C21H28N2O. The Kier molecular flexibility index (Phi) is 6.02. The number of carbonyl (C=O) groups is 1. The molecule has 2 aromatic rings. The maximum Gasteiger partial charge on any atom is 0.223 e. The molecule has 1 heterocycles. The van der Waals surface area contributed by atoms with Crippen LogP contribution in [0.5, 0.6) is 0 Å². The van der Waals surface area contributed by atoms with E-state index in [1.54, 1.807) is 6.08 Å². The van der Waals surface area contributed by atoms with Gasteiger partial charge in [0.25, 0.3) is 0 Å². The zero-order valence-electron chi connectivity index (χ0n) is 15.0. The highest BCUT2D eigenvalue weighted by molar-refractivity contribution is 5.77. The van der Waals surface area contributed by atoms with E-state index in [4.69, 9.17) is 0 Å². The fourth-order valence-electron chi connectivity index (χ4n) is 2.70. The van der Waals surface area contributed by atoms with E-state index in [0.717, 1.165) is 12.2 Å². The van der Waals surface area contributed by atoms with Crippen LogP contribution in [0.1, 0.15) is 38.4 Å². The van der Waals surface area contributed by atoms with E-state index in [1.807, 2.05) is 17.0 Å². The second-order valence-corrected chi connectivity index (χ2v) is 7.41. The molecule has 3 heteroatoms. The van der Waals surface area contributed by atoms with Crippen LogP contribution in [0.2, 0.25) is 0 Å². The second kappa shape index (κ2) is 8.00. The number of carbonyl (C=O) groups excluding carboxylic acids is 1. The third-order valence-electron chi connectivity index (χ3n) is 3.86. The zero-order chi connectivity index (χ0) is 17.6. The molecule has 0 aliphatic carbocycles. The number of hydrogen-bond donors (Lipinski definition) is 0. The number of aromatic nitrogens is 1. The van der Waals surface area contributed by atoms with Gasteiger partial charge >= 0.3 is 0 Å². The lowest BCUT2D eigenvalue weighted by Gasteiger charge is -2.26. The second-order valence-electron chi connectivity index (χ2n) is 7.41. The molecule has 0 N–H and O–H groups in total. The molecule has 1 aromatic heterocycles. The van der Waals surface area contributed by atoms with E-state index >= 15 is 0 Å². The summed E-state index contributed by atoms with van der Waals surface area (Å²) in [5.74, 6) is 0.176. The van der Waals surface area contributed by atoms with Gasteiger partial charge in [-0.25, -0.2) is 0 Å². The molecule has 0 unspecified atom stereocenters. The van der Waals surface area contributed by atoms with Crippen molar-refractivity contribution >= 4 is 5.91 Å². The predicted octanol–water partition coefficient (Wildman–Crippen LogP) is 4.49.